The van der Waals surface area contributed by atoms with Crippen LogP contribution in [-0.2, 0) is 11.2 Å². The maximum atomic E-state index is 6.07. The maximum Gasteiger partial charge on any atom is 0.0776 e. The molecule has 1 atom stereocenters. The van der Waals surface area contributed by atoms with Crippen LogP contribution in [0, 0.1) is 0 Å². The lowest BCUT2D eigenvalue weighted by molar-refractivity contribution is 0.000806. The zero-order valence-corrected chi connectivity index (χ0v) is 9.16. The van der Waals surface area contributed by atoms with E-state index in [1.807, 2.05) is 32.0 Å². The van der Waals surface area contributed by atoms with E-state index in [2.05, 4.69) is 12.1 Å². The summed E-state index contributed by atoms with van der Waals surface area (Å²) in [5.74, 6) is 0. The predicted molar refractivity (Wildman–Crippen MR) is 59.2 cm³/mol. The summed E-state index contributed by atoms with van der Waals surface area (Å²) in [7, 11) is 1.70. The van der Waals surface area contributed by atoms with Gasteiger partial charge in [-0.1, -0.05) is 30.3 Å². The van der Waals surface area contributed by atoms with Gasteiger partial charge in [-0.25, -0.2) is 0 Å². The molecule has 1 unspecified atom stereocenters. The van der Waals surface area contributed by atoms with E-state index in [0.717, 1.165) is 6.42 Å². The van der Waals surface area contributed by atoms with Crippen LogP contribution in [0.15, 0.2) is 30.3 Å². The Kier molecular flexibility index (Phi) is 3.67. The highest BCUT2D eigenvalue weighted by atomic mass is 16.5. The maximum absolute atomic E-state index is 6.07. The van der Waals surface area contributed by atoms with Crippen LogP contribution >= 0.6 is 0 Å². The summed E-state index contributed by atoms with van der Waals surface area (Å²) in [6.07, 6.45) is 0.849. The lowest BCUT2D eigenvalue weighted by Gasteiger charge is -2.30. The quantitative estimate of drug-likeness (QED) is 0.793. The van der Waals surface area contributed by atoms with Crippen LogP contribution in [-0.4, -0.2) is 18.8 Å². The Balaban J connectivity index is 2.62. The molecule has 14 heavy (non-hydrogen) atoms. The third-order valence-corrected chi connectivity index (χ3v) is 2.72. The molecular formula is C12H19NO. The van der Waals surface area contributed by atoms with E-state index in [4.69, 9.17) is 10.5 Å². The molecule has 0 bridgehead atoms. The van der Waals surface area contributed by atoms with Gasteiger partial charge in [0.2, 0.25) is 0 Å². The highest BCUT2D eigenvalue weighted by molar-refractivity contribution is 5.16. The fourth-order valence-corrected chi connectivity index (χ4v) is 1.27. The summed E-state index contributed by atoms with van der Waals surface area (Å²) in [4.78, 5) is 0. The first-order chi connectivity index (χ1) is 6.56. The fourth-order valence-electron chi connectivity index (χ4n) is 1.27. The second kappa shape index (κ2) is 4.58. The van der Waals surface area contributed by atoms with Crippen LogP contribution in [0.2, 0.25) is 0 Å². The highest BCUT2D eigenvalue weighted by Gasteiger charge is 2.25. The minimum Gasteiger partial charge on any atom is -0.377 e. The molecular weight excluding hydrogens is 174 g/mol. The molecule has 0 fully saturated rings. The number of methoxy groups -OCH3 is 1. The average molecular weight is 193 g/mol. The standard InChI is InChI=1S/C12H19NO/c1-12(2,14-3)11(13)9-10-7-5-4-6-8-10/h4-8,11H,9,13H2,1-3H3. The first-order valence-corrected chi connectivity index (χ1v) is 4.91. The van der Waals surface area contributed by atoms with Crippen molar-refractivity contribution < 1.29 is 4.74 Å². The molecule has 1 aromatic rings. The number of rotatable bonds is 4. The number of hydrogen-bond acceptors (Lipinski definition) is 2. The number of ether oxygens (including phenoxy) is 1. The lowest BCUT2D eigenvalue weighted by Crippen LogP contribution is -2.46. The van der Waals surface area contributed by atoms with Crippen molar-refractivity contribution in [3.63, 3.8) is 0 Å². The Morgan fingerprint density at radius 1 is 1.29 bits per heavy atom. The van der Waals surface area contributed by atoms with Gasteiger partial charge in [-0.3, -0.25) is 0 Å². The zero-order valence-electron chi connectivity index (χ0n) is 9.16. The third-order valence-electron chi connectivity index (χ3n) is 2.72. The van der Waals surface area contributed by atoms with Gasteiger partial charge >= 0.3 is 0 Å². The first-order valence-electron chi connectivity index (χ1n) is 4.91. The van der Waals surface area contributed by atoms with Gasteiger partial charge in [0, 0.05) is 13.2 Å². The summed E-state index contributed by atoms with van der Waals surface area (Å²) < 4.78 is 5.35. The van der Waals surface area contributed by atoms with Gasteiger partial charge < -0.3 is 10.5 Å². The molecule has 0 radical (unpaired) electrons. The molecule has 0 amide bonds. The van der Waals surface area contributed by atoms with Crippen LogP contribution in [0.25, 0.3) is 0 Å². The molecule has 78 valence electrons. The third kappa shape index (κ3) is 2.82. The van der Waals surface area contributed by atoms with Crippen molar-refractivity contribution in [2.45, 2.75) is 31.9 Å². The Morgan fingerprint density at radius 3 is 2.36 bits per heavy atom. The van der Waals surface area contributed by atoms with E-state index >= 15 is 0 Å². The minimum atomic E-state index is -0.268. The van der Waals surface area contributed by atoms with Gasteiger partial charge in [0.1, 0.15) is 0 Å². The molecule has 2 N–H and O–H groups in total. The van der Waals surface area contributed by atoms with Crippen molar-refractivity contribution in [1.29, 1.82) is 0 Å². The molecule has 0 saturated carbocycles. The van der Waals surface area contributed by atoms with E-state index in [0.29, 0.717) is 0 Å². The van der Waals surface area contributed by atoms with E-state index in [-0.39, 0.29) is 11.6 Å². The van der Waals surface area contributed by atoms with Gasteiger partial charge in [-0.05, 0) is 25.8 Å². The Morgan fingerprint density at radius 2 is 1.86 bits per heavy atom. The molecule has 2 heteroatoms. The van der Waals surface area contributed by atoms with Crippen molar-refractivity contribution in [1.82, 2.24) is 0 Å². The van der Waals surface area contributed by atoms with Crippen molar-refractivity contribution in [3.8, 4) is 0 Å². The molecule has 0 heterocycles. The molecule has 0 aliphatic carbocycles. The number of hydrogen-bond donors (Lipinski definition) is 1. The minimum absolute atomic E-state index is 0.0231. The van der Waals surface area contributed by atoms with Crippen LogP contribution in [0.1, 0.15) is 19.4 Å². The number of nitrogens with two attached hydrogens (primary N) is 1. The zero-order chi connectivity index (χ0) is 10.6. The van der Waals surface area contributed by atoms with E-state index in [1.165, 1.54) is 5.56 Å². The highest BCUT2D eigenvalue weighted by Crippen LogP contribution is 2.15. The molecule has 0 aliphatic heterocycles. The summed E-state index contributed by atoms with van der Waals surface area (Å²) >= 11 is 0. The van der Waals surface area contributed by atoms with Gasteiger partial charge in [-0.2, -0.15) is 0 Å². The molecule has 0 spiro atoms. The summed E-state index contributed by atoms with van der Waals surface area (Å²) in [6, 6.07) is 10.3. The largest absolute Gasteiger partial charge is 0.377 e. The summed E-state index contributed by atoms with van der Waals surface area (Å²) in [6.45, 7) is 4.03. The van der Waals surface area contributed by atoms with Gasteiger partial charge in [0.25, 0.3) is 0 Å². The van der Waals surface area contributed by atoms with Crippen LogP contribution in [0.3, 0.4) is 0 Å². The predicted octanol–water partition coefficient (Wildman–Crippen LogP) is 1.98. The average Bonchev–Trinajstić information content (AvgIpc) is 2.19. The molecule has 0 saturated heterocycles. The smallest absolute Gasteiger partial charge is 0.0776 e. The Hall–Kier alpha value is -0.860. The molecule has 1 aromatic carbocycles. The normalized spacial score (nSPS) is 14.0. The topological polar surface area (TPSA) is 35.2 Å². The molecule has 0 aromatic heterocycles. The van der Waals surface area contributed by atoms with Crippen LogP contribution in [0.4, 0.5) is 0 Å². The van der Waals surface area contributed by atoms with Crippen LogP contribution in [0.5, 0.6) is 0 Å². The van der Waals surface area contributed by atoms with Crippen molar-refractivity contribution in [2.75, 3.05) is 7.11 Å². The van der Waals surface area contributed by atoms with Crippen molar-refractivity contribution >= 4 is 0 Å². The van der Waals surface area contributed by atoms with Gasteiger partial charge in [0.15, 0.2) is 0 Å². The lowest BCUT2D eigenvalue weighted by atomic mass is 9.93. The van der Waals surface area contributed by atoms with E-state index in [1.54, 1.807) is 7.11 Å². The van der Waals surface area contributed by atoms with Gasteiger partial charge in [-0.15, -0.1) is 0 Å². The summed E-state index contributed by atoms with van der Waals surface area (Å²) in [5.41, 5.74) is 7.06. The SMILES string of the molecule is COC(C)(C)C(N)Cc1ccccc1. The fraction of sp³-hybridized carbons (Fsp3) is 0.500. The second-order valence-corrected chi connectivity index (χ2v) is 4.10. The Labute approximate surface area is 86.1 Å². The molecule has 1 rings (SSSR count). The van der Waals surface area contributed by atoms with E-state index < -0.39 is 0 Å². The van der Waals surface area contributed by atoms with Crippen LogP contribution < -0.4 is 5.73 Å². The van der Waals surface area contributed by atoms with Gasteiger partial charge in [0.05, 0.1) is 5.60 Å². The first kappa shape index (κ1) is 11.2. The second-order valence-electron chi connectivity index (χ2n) is 4.10. The monoisotopic (exact) mass is 193 g/mol. The van der Waals surface area contributed by atoms with Crippen molar-refractivity contribution in [2.24, 2.45) is 5.73 Å². The number of benzene rings is 1. The van der Waals surface area contributed by atoms with E-state index in [9.17, 15) is 0 Å². The molecule has 2 nitrogen and oxygen atoms in total. The van der Waals surface area contributed by atoms with Crippen molar-refractivity contribution in [3.05, 3.63) is 35.9 Å². The molecule has 0 aliphatic rings. The summed E-state index contributed by atoms with van der Waals surface area (Å²) in [5, 5.41) is 0. The Bertz CT molecular complexity index is 269.